The molecule has 0 saturated heterocycles. The zero-order valence-electron chi connectivity index (χ0n) is 20.8. The van der Waals surface area contributed by atoms with E-state index in [4.69, 9.17) is 0 Å². The van der Waals surface area contributed by atoms with Crippen molar-refractivity contribution in [2.75, 3.05) is 28.2 Å². The zero-order chi connectivity index (χ0) is 22.0. The van der Waals surface area contributed by atoms with Gasteiger partial charge < -0.3 is 14.9 Å². The van der Waals surface area contributed by atoms with E-state index in [-0.39, 0.29) is 16.9 Å². The lowest BCUT2D eigenvalue weighted by Gasteiger charge is -2.53. The second-order valence-corrected chi connectivity index (χ2v) is 12.1. The Hall–Kier alpha value is -0.640. The molecule has 0 aromatic rings. The molecule has 0 heterocycles. The molecule has 1 N–H and O–H groups in total. The van der Waals surface area contributed by atoms with Crippen LogP contribution in [0.3, 0.4) is 0 Å². The molecule has 2 saturated carbocycles. The first kappa shape index (κ1) is 22.6. The molecule has 0 bridgehead atoms. The Morgan fingerprint density at radius 1 is 1.07 bits per heavy atom. The van der Waals surface area contributed by atoms with Crippen LogP contribution in [0.2, 0.25) is 0 Å². The van der Waals surface area contributed by atoms with Gasteiger partial charge in [-0.3, -0.25) is 0 Å². The van der Waals surface area contributed by atoms with Gasteiger partial charge in [0.1, 0.15) is 0 Å². The molecule has 2 fully saturated rings. The fourth-order valence-electron chi connectivity index (χ4n) is 8.45. The van der Waals surface area contributed by atoms with Gasteiger partial charge in [0.2, 0.25) is 0 Å². The third-order valence-corrected chi connectivity index (χ3v) is 10.6. The first-order valence-electron chi connectivity index (χ1n) is 12.4. The summed E-state index contributed by atoms with van der Waals surface area (Å²) in [4.78, 5) is 4.77. The lowest BCUT2D eigenvalue weighted by molar-refractivity contribution is -0.0223. The molecule has 4 rings (SSSR count). The maximum Gasteiger partial charge on any atom is 0.0594 e. The molecule has 4 aliphatic rings. The van der Waals surface area contributed by atoms with E-state index in [1.807, 2.05) is 0 Å². The average molecular weight is 415 g/mol. The molecule has 0 aliphatic heterocycles. The Labute approximate surface area is 185 Å². The van der Waals surface area contributed by atoms with Crippen molar-refractivity contribution in [3.8, 4) is 0 Å². The van der Waals surface area contributed by atoms with Crippen LogP contribution in [-0.4, -0.2) is 61.3 Å². The fourth-order valence-corrected chi connectivity index (χ4v) is 8.45. The second-order valence-electron chi connectivity index (χ2n) is 12.1. The lowest BCUT2D eigenvalue weighted by Crippen LogP contribution is -2.50. The summed E-state index contributed by atoms with van der Waals surface area (Å²) in [6.45, 7) is 9.83. The van der Waals surface area contributed by atoms with Crippen LogP contribution in [0, 0.1) is 34.5 Å². The van der Waals surface area contributed by atoms with E-state index in [0.717, 1.165) is 24.7 Å². The highest BCUT2D eigenvalue weighted by Gasteiger charge is 2.64. The molecule has 30 heavy (non-hydrogen) atoms. The topological polar surface area (TPSA) is 26.7 Å². The Balaban J connectivity index is 1.67. The van der Waals surface area contributed by atoms with Gasteiger partial charge in [-0.05, 0) is 108 Å². The van der Waals surface area contributed by atoms with E-state index in [0.29, 0.717) is 23.9 Å². The molecule has 0 amide bonds. The average Bonchev–Trinajstić information content (AvgIpc) is 2.79. The van der Waals surface area contributed by atoms with E-state index < -0.39 is 0 Å². The van der Waals surface area contributed by atoms with Gasteiger partial charge in [-0.1, -0.05) is 38.5 Å². The Morgan fingerprint density at radius 2 is 1.77 bits per heavy atom. The fraction of sp³-hybridized carbons (Fsp3) is 0.852. The summed E-state index contributed by atoms with van der Waals surface area (Å²) in [6.07, 6.45) is 12.2. The quantitative estimate of drug-likeness (QED) is 0.706. The van der Waals surface area contributed by atoms with Crippen molar-refractivity contribution in [2.24, 2.45) is 34.5 Å². The van der Waals surface area contributed by atoms with Crippen molar-refractivity contribution in [1.29, 1.82) is 0 Å². The molecule has 170 valence electrons. The number of hydrogen-bond donors (Lipinski definition) is 1. The van der Waals surface area contributed by atoms with Gasteiger partial charge in [0.15, 0.2) is 0 Å². The molecular weight excluding hydrogens is 368 g/mol. The predicted octanol–water partition coefficient (Wildman–Crippen LogP) is 4.97. The number of nitrogens with zero attached hydrogens (tertiary/aromatic N) is 2. The third kappa shape index (κ3) is 3.18. The highest BCUT2D eigenvalue weighted by molar-refractivity contribution is 5.37. The Morgan fingerprint density at radius 3 is 2.40 bits per heavy atom. The van der Waals surface area contributed by atoms with Crippen LogP contribution >= 0.6 is 0 Å². The zero-order valence-corrected chi connectivity index (χ0v) is 20.8. The van der Waals surface area contributed by atoms with Gasteiger partial charge >= 0.3 is 0 Å². The normalized spacial score (nSPS) is 47.2. The van der Waals surface area contributed by atoms with Crippen molar-refractivity contribution in [3.05, 3.63) is 23.3 Å². The molecule has 0 unspecified atom stereocenters. The smallest absolute Gasteiger partial charge is 0.0594 e. The summed E-state index contributed by atoms with van der Waals surface area (Å²) in [5.74, 6) is 2.39. The summed E-state index contributed by atoms with van der Waals surface area (Å²) in [7, 11) is 8.86. The second kappa shape index (κ2) is 7.74. The first-order chi connectivity index (χ1) is 14.0. The molecule has 3 heteroatoms. The number of aliphatic hydroxyl groups is 1. The molecule has 0 radical (unpaired) electrons. The van der Waals surface area contributed by atoms with Gasteiger partial charge in [-0.25, -0.2) is 0 Å². The number of hydrogen-bond acceptors (Lipinski definition) is 3. The number of fused-ring (bicyclic) bond motifs is 4. The molecular formula is C27H46N2O. The number of allylic oxidation sites excluding steroid dienone is 4. The summed E-state index contributed by atoms with van der Waals surface area (Å²) >= 11 is 0. The van der Waals surface area contributed by atoms with Crippen molar-refractivity contribution < 1.29 is 5.11 Å². The monoisotopic (exact) mass is 414 g/mol. The predicted molar refractivity (Wildman–Crippen MR) is 126 cm³/mol. The van der Waals surface area contributed by atoms with E-state index in [1.165, 1.54) is 25.7 Å². The summed E-state index contributed by atoms with van der Waals surface area (Å²) in [5, 5.41) is 11.3. The SMILES string of the molecule is C[C@@H]1[C@@H]2CC[C@@H]3C(=CC[C@]4(C)[C@@H]([C@H](C)N(C)C)[C@H](O)C[C@@]34C)C=C2CC[C@@H]1N(C)C. The number of aliphatic hydroxyl groups excluding tert-OH is 1. The van der Waals surface area contributed by atoms with E-state index in [9.17, 15) is 5.11 Å². The lowest BCUT2D eigenvalue weighted by atomic mass is 9.51. The van der Waals surface area contributed by atoms with Crippen LogP contribution in [0.25, 0.3) is 0 Å². The largest absolute Gasteiger partial charge is 0.393 e. The van der Waals surface area contributed by atoms with Crippen LogP contribution in [0.4, 0.5) is 0 Å². The van der Waals surface area contributed by atoms with Gasteiger partial charge in [0.25, 0.3) is 0 Å². The summed E-state index contributed by atoms with van der Waals surface area (Å²) in [6, 6.07) is 1.11. The first-order valence-corrected chi connectivity index (χ1v) is 12.4. The van der Waals surface area contributed by atoms with Crippen LogP contribution in [0.5, 0.6) is 0 Å². The van der Waals surface area contributed by atoms with Crippen LogP contribution in [-0.2, 0) is 0 Å². The van der Waals surface area contributed by atoms with Crippen molar-refractivity contribution in [2.45, 2.75) is 84.4 Å². The molecule has 0 spiro atoms. The van der Waals surface area contributed by atoms with Gasteiger partial charge in [-0.2, -0.15) is 0 Å². The van der Waals surface area contributed by atoms with Crippen molar-refractivity contribution in [3.63, 3.8) is 0 Å². The van der Waals surface area contributed by atoms with E-state index in [2.05, 4.69) is 77.8 Å². The van der Waals surface area contributed by atoms with Crippen molar-refractivity contribution in [1.82, 2.24) is 9.80 Å². The summed E-state index contributed by atoms with van der Waals surface area (Å²) in [5.41, 5.74) is 3.67. The summed E-state index contributed by atoms with van der Waals surface area (Å²) < 4.78 is 0. The Bertz CT molecular complexity index is 724. The minimum absolute atomic E-state index is 0.163. The maximum atomic E-state index is 11.3. The van der Waals surface area contributed by atoms with E-state index in [1.54, 1.807) is 11.1 Å². The van der Waals surface area contributed by atoms with Gasteiger partial charge in [-0.15, -0.1) is 0 Å². The highest BCUT2D eigenvalue weighted by Crippen LogP contribution is 2.67. The minimum Gasteiger partial charge on any atom is -0.393 e. The van der Waals surface area contributed by atoms with E-state index >= 15 is 0 Å². The molecule has 0 aromatic heterocycles. The van der Waals surface area contributed by atoms with Crippen LogP contribution < -0.4 is 0 Å². The van der Waals surface area contributed by atoms with Crippen molar-refractivity contribution >= 4 is 0 Å². The van der Waals surface area contributed by atoms with Crippen LogP contribution in [0.15, 0.2) is 23.3 Å². The maximum absolute atomic E-state index is 11.3. The highest BCUT2D eigenvalue weighted by atomic mass is 16.3. The van der Waals surface area contributed by atoms with Crippen LogP contribution in [0.1, 0.15) is 66.2 Å². The van der Waals surface area contributed by atoms with Gasteiger partial charge in [0.05, 0.1) is 6.10 Å². The third-order valence-electron chi connectivity index (χ3n) is 10.6. The molecule has 3 nitrogen and oxygen atoms in total. The standard InChI is InChI=1S/C27H46N2O/c1-17-21-10-11-22-20(15-19(21)9-12-23(17)29(7)8)13-14-26(3)25(18(2)28(5)6)24(30)16-27(22,26)4/h13,15,17-18,21-25,30H,9-12,14,16H2,1-8H3/t17-,18+,21+,22-,23+,24-,25+,26-,27+/m1/s1. The minimum atomic E-state index is -0.194. The molecule has 0 aromatic carbocycles. The van der Waals surface area contributed by atoms with Gasteiger partial charge in [0, 0.05) is 18.0 Å². The molecule has 9 atom stereocenters. The molecule has 4 aliphatic carbocycles. The number of rotatable bonds is 3. The Kier molecular flexibility index (Phi) is 5.82.